The molecule has 0 amide bonds. The molecule has 0 atom stereocenters. The number of rotatable bonds is 6. The number of ether oxygens (including phenoxy) is 1. The molecule has 0 saturated heterocycles. The van der Waals surface area contributed by atoms with Crippen LogP contribution >= 0.6 is 0 Å². The van der Waals surface area contributed by atoms with Crippen molar-refractivity contribution in [1.82, 2.24) is 0 Å². The molecule has 1 N–H and O–H groups in total. The van der Waals surface area contributed by atoms with Gasteiger partial charge in [-0.05, 0) is 12.5 Å². The molecule has 0 aromatic heterocycles. The van der Waals surface area contributed by atoms with Gasteiger partial charge in [-0.25, -0.2) is 9.59 Å². The van der Waals surface area contributed by atoms with E-state index in [9.17, 15) is 9.59 Å². The normalized spacial score (nSPS) is 9.86. The van der Waals surface area contributed by atoms with Crippen molar-refractivity contribution in [1.29, 1.82) is 0 Å². The minimum absolute atomic E-state index is 0.158. The monoisotopic (exact) mass is 300 g/mol. The molecule has 0 heterocycles. The second kappa shape index (κ2) is 11.9. The number of hydrogen-bond donors (Lipinski definition) is 1. The number of carbonyl (C=O) groups is 2. The second-order valence-electron chi connectivity index (χ2n) is 3.89. The minimum atomic E-state index is -1.35. The maximum atomic E-state index is 10.5. The van der Waals surface area contributed by atoms with Crippen molar-refractivity contribution in [3.05, 3.63) is 78.9 Å². The fourth-order valence-electron chi connectivity index (χ4n) is 1.18. The van der Waals surface area contributed by atoms with E-state index in [-0.39, 0.29) is 6.61 Å². The van der Waals surface area contributed by atoms with Gasteiger partial charge in [-0.2, -0.15) is 0 Å². The van der Waals surface area contributed by atoms with Crippen LogP contribution in [0, 0.1) is 0 Å². The van der Waals surface area contributed by atoms with Gasteiger partial charge in [-0.1, -0.05) is 73.9 Å². The molecule has 0 radical (unpaired) electrons. The maximum Gasteiger partial charge on any atom is 0.344 e. The lowest BCUT2D eigenvalue weighted by Gasteiger charge is -1.98. The zero-order valence-corrected chi connectivity index (χ0v) is 12.6. The third-order valence-corrected chi connectivity index (χ3v) is 2.23. The van der Waals surface area contributed by atoms with Crippen LogP contribution in [0.4, 0.5) is 0 Å². The van der Waals surface area contributed by atoms with Crippen LogP contribution in [-0.4, -0.2) is 23.7 Å². The zero-order valence-electron chi connectivity index (χ0n) is 12.6. The number of carbonyl (C=O) groups excluding carboxylic acids is 1. The fraction of sp³-hybridized carbons (Fsp3) is 0.111. The topological polar surface area (TPSA) is 63.6 Å². The Balaban J connectivity index is 0.000000409. The van der Waals surface area contributed by atoms with Gasteiger partial charge in [0.1, 0.15) is 5.57 Å². The standard InChI is InChI=1S/C12H12.C6H8O4/c1-2-3-4-6-9-12-10-7-5-8-11-12;1-3-10-6(9)4(2)5(7)8/h2-11H,1H2;2-3H2,1H3,(H,7,8). The van der Waals surface area contributed by atoms with Crippen molar-refractivity contribution in [3.63, 3.8) is 0 Å². The van der Waals surface area contributed by atoms with Crippen LogP contribution in [0.3, 0.4) is 0 Å². The van der Waals surface area contributed by atoms with Gasteiger partial charge >= 0.3 is 11.9 Å². The van der Waals surface area contributed by atoms with Crippen LogP contribution in [0.15, 0.2) is 73.4 Å². The van der Waals surface area contributed by atoms with E-state index >= 15 is 0 Å². The maximum absolute atomic E-state index is 10.5. The SMILES string of the molecule is C=C(C(=O)O)C(=O)OCC.C=CC=CC=Cc1ccccc1. The van der Waals surface area contributed by atoms with Crippen LogP contribution in [-0.2, 0) is 14.3 Å². The summed E-state index contributed by atoms with van der Waals surface area (Å²) in [5.74, 6) is -2.23. The number of esters is 1. The van der Waals surface area contributed by atoms with E-state index in [4.69, 9.17) is 5.11 Å². The molecule has 0 bridgehead atoms. The minimum Gasteiger partial charge on any atom is -0.477 e. The molecule has 0 fully saturated rings. The van der Waals surface area contributed by atoms with E-state index in [0.29, 0.717) is 0 Å². The van der Waals surface area contributed by atoms with Gasteiger partial charge in [0.2, 0.25) is 0 Å². The van der Waals surface area contributed by atoms with Crippen molar-refractivity contribution in [3.8, 4) is 0 Å². The third-order valence-electron chi connectivity index (χ3n) is 2.23. The van der Waals surface area contributed by atoms with Gasteiger partial charge < -0.3 is 9.84 Å². The number of carboxylic acid groups (broad SMARTS) is 1. The Morgan fingerprint density at radius 3 is 2.32 bits per heavy atom. The van der Waals surface area contributed by atoms with Crippen molar-refractivity contribution >= 4 is 18.0 Å². The molecule has 0 aliphatic heterocycles. The molecule has 1 aromatic carbocycles. The number of aliphatic carboxylic acids is 1. The first-order valence-electron chi connectivity index (χ1n) is 6.63. The van der Waals surface area contributed by atoms with Gasteiger partial charge in [0.15, 0.2) is 0 Å². The van der Waals surface area contributed by atoms with E-state index in [1.165, 1.54) is 5.56 Å². The smallest absolute Gasteiger partial charge is 0.344 e. The molecule has 0 aliphatic rings. The van der Waals surface area contributed by atoms with E-state index in [0.717, 1.165) is 0 Å². The lowest BCUT2D eigenvalue weighted by molar-refractivity contribution is -0.143. The molecule has 0 saturated carbocycles. The predicted octanol–water partition coefficient (Wildman–Crippen LogP) is 3.63. The largest absolute Gasteiger partial charge is 0.477 e. The molecule has 116 valence electrons. The average molecular weight is 300 g/mol. The summed E-state index contributed by atoms with van der Waals surface area (Å²) in [7, 11) is 0. The van der Waals surface area contributed by atoms with E-state index in [1.54, 1.807) is 13.0 Å². The summed E-state index contributed by atoms with van der Waals surface area (Å²) in [6.07, 6.45) is 9.67. The van der Waals surface area contributed by atoms with Gasteiger partial charge in [0, 0.05) is 0 Å². The van der Waals surface area contributed by atoms with Crippen LogP contribution < -0.4 is 0 Å². The van der Waals surface area contributed by atoms with Crippen LogP contribution in [0.5, 0.6) is 0 Å². The molecule has 22 heavy (non-hydrogen) atoms. The summed E-state index contributed by atoms with van der Waals surface area (Å²) in [5.41, 5.74) is 0.674. The first kappa shape index (κ1) is 19.1. The summed E-state index contributed by atoms with van der Waals surface area (Å²) in [6, 6.07) is 10.2. The van der Waals surface area contributed by atoms with Gasteiger partial charge in [0.25, 0.3) is 0 Å². The Morgan fingerprint density at radius 1 is 1.18 bits per heavy atom. The summed E-state index contributed by atoms with van der Waals surface area (Å²) in [4.78, 5) is 20.5. The Hall–Kier alpha value is -2.88. The van der Waals surface area contributed by atoms with E-state index in [1.807, 2.05) is 36.4 Å². The molecule has 4 heteroatoms. The van der Waals surface area contributed by atoms with Crippen LogP contribution in [0.1, 0.15) is 12.5 Å². The van der Waals surface area contributed by atoms with E-state index < -0.39 is 17.5 Å². The lowest BCUT2D eigenvalue weighted by Crippen LogP contribution is -2.13. The Bertz CT molecular complexity index is 554. The fourth-order valence-corrected chi connectivity index (χ4v) is 1.18. The van der Waals surface area contributed by atoms with Crippen molar-refractivity contribution in [2.45, 2.75) is 6.92 Å². The molecule has 0 aliphatic carbocycles. The van der Waals surface area contributed by atoms with Crippen LogP contribution in [0.25, 0.3) is 6.08 Å². The number of allylic oxidation sites excluding steroid dienone is 4. The highest BCUT2D eigenvalue weighted by Gasteiger charge is 2.14. The Morgan fingerprint density at radius 2 is 1.82 bits per heavy atom. The average Bonchev–Trinajstić information content (AvgIpc) is 2.52. The molecule has 0 unspecified atom stereocenters. The Kier molecular flexibility index (Phi) is 10.3. The number of hydrogen-bond acceptors (Lipinski definition) is 3. The summed E-state index contributed by atoms with van der Waals surface area (Å²) in [6.45, 7) is 8.33. The summed E-state index contributed by atoms with van der Waals surface area (Å²) >= 11 is 0. The quantitative estimate of drug-likeness (QED) is 0.286. The second-order valence-corrected chi connectivity index (χ2v) is 3.89. The van der Waals surface area contributed by atoms with Gasteiger partial charge in [-0.3, -0.25) is 0 Å². The third kappa shape index (κ3) is 9.09. The first-order chi connectivity index (χ1) is 10.5. The molecular weight excluding hydrogens is 280 g/mol. The molecule has 4 nitrogen and oxygen atoms in total. The van der Waals surface area contributed by atoms with Gasteiger partial charge in [-0.15, -0.1) is 0 Å². The zero-order chi connectivity index (χ0) is 16.8. The van der Waals surface area contributed by atoms with Crippen molar-refractivity contribution < 1.29 is 19.4 Å². The molecule has 1 rings (SSSR count). The summed E-state index contributed by atoms with van der Waals surface area (Å²) < 4.78 is 4.35. The highest BCUT2D eigenvalue weighted by Crippen LogP contribution is 2.00. The summed E-state index contributed by atoms with van der Waals surface area (Å²) in [5, 5.41) is 8.18. The lowest BCUT2D eigenvalue weighted by atomic mass is 10.2. The van der Waals surface area contributed by atoms with Crippen LogP contribution in [0.2, 0.25) is 0 Å². The molecular formula is C18H20O4. The molecule has 1 aromatic rings. The Labute approximate surface area is 130 Å². The number of benzene rings is 1. The highest BCUT2D eigenvalue weighted by atomic mass is 16.5. The molecule has 0 spiro atoms. The van der Waals surface area contributed by atoms with Crippen molar-refractivity contribution in [2.75, 3.05) is 6.61 Å². The number of carboxylic acids is 1. The highest BCUT2D eigenvalue weighted by molar-refractivity contribution is 6.12. The predicted molar refractivity (Wildman–Crippen MR) is 88.2 cm³/mol. The van der Waals surface area contributed by atoms with E-state index in [2.05, 4.69) is 36.1 Å². The first-order valence-corrected chi connectivity index (χ1v) is 6.63. The van der Waals surface area contributed by atoms with Crippen molar-refractivity contribution in [2.24, 2.45) is 0 Å². The van der Waals surface area contributed by atoms with Gasteiger partial charge in [0.05, 0.1) is 6.61 Å².